The van der Waals surface area contributed by atoms with E-state index in [9.17, 15) is 29.4 Å². The van der Waals surface area contributed by atoms with Gasteiger partial charge in [-0.05, 0) is 208 Å². The number of aromatic nitrogens is 8. The summed E-state index contributed by atoms with van der Waals surface area (Å²) in [5, 5.41) is 25.4. The molecule has 6 N–H and O–H groups in total. The standard InChI is InChI=1S/C86H86N8O10/c1-15-57-47(3)65-39-67-49(5)59(31-35-81(95)101-11)71(87-67)43-73-61(33-37-83(97)103-13)51(7)69(89-73)41-77-63(85(9,99)79(93-77)45-75(57)91-65)21-17-19-53-23-27-55(28-24-53)56-29-25-54(26-30-56)20-18-22-64-78-42-70-52(8)62(34-38-84(98)104-14)74(90-70)44-72-60(32-36-82(96)102-12)50(6)68(88-72)40-66-48(4)58(16-2)76(92-66)46-80(94-78)86(64,10)100/h15-30,39-46,89-92,99-100H,1-2,31-38H2,3-14H3/b19-17+,20-18+,63-21-,64-22-,65-39?,66-40?,67-39?,68-40?,69-41?,70-42?,71-43?,72-44?,73-43?,74-44?,75-45?,76-46?,77-41?,78-42?,79-45?,80-46?/t85-,86+. The first kappa shape index (κ1) is 72.2. The number of aliphatic hydroxyl groups is 2. The average Bonchev–Trinajstić information content (AvgIpc) is 1.58. The minimum absolute atomic E-state index is 0.141. The molecule has 10 heterocycles. The Hall–Kier alpha value is -11.6. The minimum atomic E-state index is -1.55. The molecular formula is C86H86N8O10. The van der Waals surface area contributed by atoms with Crippen LogP contribution in [0.4, 0.5) is 0 Å². The molecule has 530 valence electrons. The van der Waals surface area contributed by atoms with E-state index >= 15 is 0 Å². The van der Waals surface area contributed by atoms with Crippen LogP contribution in [0.1, 0.15) is 167 Å². The van der Waals surface area contributed by atoms with Crippen LogP contribution in [0.15, 0.2) is 135 Å². The highest BCUT2D eigenvalue weighted by molar-refractivity contribution is 5.97. The van der Waals surface area contributed by atoms with Crippen molar-refractivity contribution in [1.82, 2.24) is 39.9 Å². The second kappa shape index (κ2) is 29.8. The van der Waals surface area contributed by atoms with Gasteiger partial charge in [-0.3, -0.25) is 19.2 Å². The largest absolute Gasteiger partial charge is 0.469 e. The minimum Gasteiger partial charge on any atom is -0.469 e. The Bertz CT molecular complexity index is 5110. The predicted octanol–water partition coefficient (Wildman–Crippen LogP) is 17.1. The fourth-order valence-corrected chi connectivity index (χ4v) is 14.2. The fourth-order valence-electron chi connectivity index (χ4n) is 14.2. The molecule has 0 unspecified atom stereocenters. The van der Waals surface area contributed by atoms with Gasteiger partial charge in [0.1, 0.15) is 11.2 Å². The van der Waals surface area contributed by atoms with Crippen LogP contribution in [0, 0.1) is 27.7 Å². The van der Waals surface area contributed by atoms with E-state index in [2.05, 4.69) is 57.4 Å². The first-order valence-electron chi connectivity index (χ1n) is 34.7. The second-order valence-electron chi connectivity index (χ2n) is 27.0. The maximum atomic E-state index is 12.7. The summed E-state index contributed by atoms with van der Waals surface area (Å²) in [4.78, 5) is 85.4. The number of esters is 4. The summed E-state index contributed by atoms with van der Waals surface area (Å²) in [5.74, 6) is -1.34. The number of methoxy groups -OCH3 is 4. The molecule has 0 saturated carbocycles. The van der Waals surface area contributed by atoms with Gasteiger partial charge in [0.2, 0.25) is 0 Å². The number of ether oxygens (including phenoxy) is 4. The van der Waals surface area contributed by atoms with Crippen molar-refractivity contribution < 1.29 is 48.3 Å². The number of carbonyl (C=O) groups is 4. The molecule has 2 atom stereocenters. The zero-order valence-corrected chi connectivity index (χ0v) is 60.9. The smallest absolute Gasteiger partial charge is 0.305 e. The van der Waals surface area contributed by atoms with Crippen molar-refractivity contribution in [3.63, 3.8) is 0 Å². The van der Waals surface area contributed by atoms with E-state index in [-0.39, 0.29) is 49.6 Å². The summed E-state index contributed by atoms with van der Waals surface area (Å²) < 4.78 is 20.2. The highest BCUT2D eigenvalue weighted by Crippen LogP contribution is 2.44. The first-order chi connectivity index (χ1) is 49.8. The van der Waals surface area contributed by atoms with E-state index in [1.807, 2.05) is 151 Å². The van der Waals surface area contributed by atoms with Crippen molar-refractivity contribution in [3.05, 3.63) is 236 Å². The summed E-state index contributed by atoms with van der Waals surface area (Å²) >= 11 is 0. The maximum absolute atomic E-state index is 12.7. The van der Waals surface area contributed by atoms with Gasteiger partial charge in [-0.15, -0.1) is 0 Å². The van der Waals surface area contributed by atoms with Gasteiger partial charge in [-0.25, -0.2) is 19.9 Å². The van der Waals surface area contributed by atoms with E-state index < -0.39 is 11.2 Å². The number of fused-ring (bicyclic) bond motifs is 16. The number of rotatable bonds is 19. The van der Waals surface area contributed by atoms with E-state index in [1.54, 1.807) is 26.0 Å². The third kappa shape index (κ3) is 14.3. The number of aryl methyl sites for hydroxylation is 6. The number of allylic oxidation sites excluding steroid dienone is 8. The van der Waals surface area contributed by atoms with Crippen LogP contribution in [0.5, 0.6) is 0 Å². The van der Waals surface area contributed by atoms with Crippen LogP contribution in [0.3, 0.4) is 0 Å². The van der Waals surface area contributed by atoms with Crippen LogP contribution < -0.4 is 0 Å². The highest BCUT2D eigenvalue weighted by atomic mass is 16.5. The van der Waals surface area contributed by atoms with Crippen molar-refractivity contribution in [1.29, 1.82) is 0 Å². The molecule has 6 aromatic heterocycles. The first-order valence-corrected chi connectivity index (χ1v) is 34.7. The Balaban J connectivity index is 0.861. The summed E-state index contributed by atoms with van der Waals surface area (Å²) in [7, 11) is 5.52. The monoisotopic (exact) mass is 1390 g/mol. The van der Waals surface area contributed by atoms with Crippen molar-refractivity contribution >= 4 is 126 Å². The normalized spacial score (nSPS) is 16.7. The molecule has 2 aromatic carbocycles. The number of carbonyl (C=O) groups excluding carboxylic acids is 4. The molecule has 18 nitrogen and oxygen atoms in total. The summed E-state index contributed by atoms with van der Waals surface area (Å²) in [6, 6.07) is 32.0. The number of hydrogen-bond acceptors (Lipinski definition) is 14. The molecule has 0 amide bonds. The van der Waals surface area contributed by atoms with Crippen LogP contribution >= 0.6 is 0 Å². The third-order valence-electron chi connectivity index (χ3n) is 20.6. The molecule has 4 aliphatic rings. The van der Waals surface area contributed by atoms with Gasteiger partial charge in [0.25, 0.3) is 0 Å². The molecule has 0 aliphatic carbocycles. The summed E-state index contributed by atoms with van der Waals surface area (Å²) in [6.07, 6.45) is 17.3. The van der Waals surface area contributed by atoms with Crippen molar-refractivity contribution in [3.8, 4) is 11.1 Å². The SMILES string of the molecule is C=Cc1c(C)c2cc3nc(cc4[nH]c(cc5nc(cc1[nH]2)[C@@](C)(O)/C5=C\C=C\c1ccc(-c2ccc(/C=C/C=C5/c6cc7[nH]c(cc8nc(cc9[nH]c(cc(n6)[C@]5(C)O)c(C=C)c9C)C(C)=C8CCC(=O)OC)c(CCC(=O)OC)c7C)cc2)cc1)c(C)c4CCC(=O)OC)C(CCC(=O)OC)=C3C. The molecule has 12 rings (SSSR count). The zero-order valence-electron chi connectivity index (χ0n) is 60.9. The van der Waals surface area contributed by atoms with Gasteiger partial charge < -0.3 is 49.1 Å². The maximum Gasteiger partial charge on any atom is 0.305 e. The van der Waals surface area contributed by atoms with Crippen LogP contribution in [0.2, 0.25) is 0 Å². The van der Waals surface area contributed by atoms with Gasteiger partial charge in [-0.1, -0.05) is 110 Å². The van der Waals surface area contributed by atoms with Crippen LogP contribution in [-0.2, 0) is 62.2 Å². The van der Waals surface area contributed by atoms with E-state index in [4.69, 9.17) is 38.9 Å². The van der Waals surface area contributed by atoms with Crippen molar-refractivity contribution in [2.24, 2.45) is 0 Å². The molecule has 0 spiro atoms. The van der Waals surface area contributed by atoms with E-state index in [0.29, 0.717) is 82.0 Å². The fraction of sp³-hybridized carbons (Fsp3) is 0.256. The lowest BCUT2D eigenvalue weighted by atomic mass is 9.92. The molecule has 0 saturated heterocycles. The van der Waals surface area contributed by atoms with Gasteiger partial charge in [-0.2, -0.15) is 0 Å². The highest BCUT2D eigenvalue weighted by Gasteiger charge is 2.38. The number of nitrogens with one attached hydrogen (secondary N) is 4. The number of nitrogens with zero attached hydrogens (tertiary/aromatic N) is 4. The van der Waals surface area contributed by atoms with Gasteiger partial charge in [0.15, 0.2) is 0 Å². The van der Waals surface area contributed by atoms with Gasteiger partial charge in [0.05, 0.1) is 74.0 Å². The Morgan fingerprint density at radius 2 is 0.731 bits per heavy atom. The number of H-pyrrole nitrogens is 4. The van der Waals surface area contributed by atoms with Crippen molar-refractivity contribution in [2.45, 2.75) is 118 Å². The second-order valence-corrected chi connectivity index (χ2v) is 27.0. The molecular weight excluding hydrogens is 1300 g/mol. The Morgan fingerprint density at radius 1 is 0.413 bits per heavy atom. The lowest BCUT2D eigenvalue weighted by Crippen LogP contribution is -2.18. The number of hydrogen-bond donors (Lipinski definition) is 6. The zero-order chi connectivity index (χ0) is 74.1. The summed E-state index contributed by atoms with van der Waals surface area (Å²) in [5.41, 5.74) is 23.4. The quantitative estimate of drug-likeness (QED) is 0.0325. The predicted molar refractivity (Wildman–Crippen MR) is 414 cm³/mol. The van der Waals surface area contributed by atoms with Gasteiger partial charge >= 0.3 is 23.9 Å². The van der Waals surface area contributed by atoms with Gasteiger partial charge in [0, 0.05) is 92.1 Å². The van der Waals surface area contributed by atoms with Crippen LogP contribution in [0.25, 0.3) is 113 Å². The summed E-state index contributed by atoms with van der Waals surface area (Å²) in [6.45, 7) is 23.8. The molecule has 0 fully saturated rings. The molecule has 4 aliphatic heterocycles. The van der Waals surface area contributed by atoms with E-state index in [1.165, 1.54) is 28.4 Å². The Kier molecular flexibility index (Phi) is 20.7. The number of benzene rings is 2. The van der Waals surface area contributed by atoms with E-state index in [0.717, 1.165) is 134 Å². The Morgan fingerprint density at radius 3 is 1.08 bits per heavy atom. The molecule has 16 bridgehead atoms. The van der Waals surface area contributed by atoms with Crippen molar-refractivity contribution in [2.75, 3.05) is 28.4 Å². The molecule has 18 heteroatoms. The average molecular weight is 1390 g/mol. The Labute approximate surface area is 604 Å². The lowest BCUT2D eigenvalue weighted by Gasteiger charge is -2.18. The third-order valence-corrected chi connectivity index (χ3v) is 20.6. The topological polar surface area (TPSA) is 260 Å². The number of aromatic amines is 4. The van der Waals surface area contributed by atoms with Crippen LogP contribution in [-0.4, -0.2) is 102 Å². The molecule has 8 aromatic rings. The molecule has 0 radical (unpaired) electrons. The lowest BCUT2D eigenvalue weighted by molar-refractivity contribution is -0.141. The molecule has 104 heavy (non-hydrogen) atoms.